The van der Waals surface area contributed by atoms with Gasteiger partial charge in [-0.25, -0.2) is 9.97 Å². The van der Waals surface area contributed by atoms with Crippen LogP contribution in [0.4, 0.5) is 5.69 Å². The molecule has 2 rings (SSSR count). The standard InChI is InChI=1S/C13H17N3OS/c1-9(2)17-13-11(5-4-6-14-13)15-7-12-10(3)16-8-18-12/h4-6,8-9,15H,7H2,1-3H3. The Bertz CT molecular complexity index is 510. The van der Waals surface area contributed by atoms with E-state index in [0.29, 0.717) is 5.88 Å². The second-order valence-electron chi connectivity index (χ2n) is 4.24. The van der Waals surface area contributed by atoms with Gasteiger partial charge in [-0.3, -0.25) is 0 Å². The van der Waals surface area contributed by atoms with E-state index in [0.717, 1.165) is 17.9 Å². The average Bonchev–Trinajstić information content (AvgIpc) is 2.73. The minimum atomic E-state index is 0.116. The second kappa shape index (κ2) is 5.82. The number of aryl methyl sites for hydroxylation is 1. The molecule has 0 unspecified atom stereocenters. The summed E-state index contributed by atoms with van der Waals surface area (Å²) >= 11 is 1.65. The van der Waals surface area contributed by atoms with Crippen molar-refractivity contribution in [2.24, 2.45) is 0 Å². The third-order valence-corrected chi connectivity index (χ3v) is 3.34. The molecule has 0 fully saturated rings. The molecule has 0 aliphatic rings. The number of ether oxygens (including phenoxy) is 1. The third-order valence-electron chi connectivity index (χ3n) is 2.40. The maximum Gasteiger partial charge on any atom is 0.237 e. The molecule has 0 spiro atoms. The number of nitrogens with one attached hydrogen (secondary N) is 1. The minimum Gasteiger partial charge on any atom is -0.473 e. The first-order valence-electron chi connectivity index (χ1n) is 5.91. The summed E-state index contributed by atoms with van der Waals surface area (Å²) in [5, 5.41) is 3.34. The molecule has 0 aliphatic carbocycles. The van der Waals surface area contributed by atoms with E-state index in [1.54, 1.807) is 17.5 Å². The summed E-state index contributed by atoms with van der Waals surface area (Å²) in [7, 11) is 0. The van der Waals surface area contributed by atoms with Crippen LogP contribution in [-0.4, -0.2) is 16.1 Å². The third kappa shape index (κ3) is 3.20. The number of nitrogens with zero attached hydrogens (tertiary/aromatic N) is 2. The zero-order chi connectivity index (χ0) is 13.0. The molecule has 0 saturated heterocycles. The maximum absolute atomic E-state index is 5.66. The molecule has 5 heteroatoms. The second-order valence-corrected chi connectivity index (χ2v) is 5.18. The molecule has 2 aromatic rings. The first-order valence-corrected chi connectivity index (χ1v) is 6.79. The molecule has 2 aromatic heterocycles. The summed E-state index contributed by atoms with van der Waals surface area (Å²) < 4.78 is 5.66. The quantitative estimate of drug-likeness (QED) is 0.899. The van der Waals surface area contributed by atoms with Crippen molar-refractivity contribution in [3.63, 3.8) is 0 Å². The summed E-state index contributed by atoms with van der Waals surface area (Å²) in [4.78, 5) is 9.71. The molecule has 0 bridgehead atoms. The van der Waals surface area contributed by atoms with Crippen LogP contribution in [0.25, 0.3) is 0 Å². The van der Waals surface area contributed by atoms with Gasteiger partial charge < -0.3 is 10.1 Å². The van der Waals surface area contributed by atoms with E-state index in [1.807, 2.05) is 38.4 Å². The first kappa shape index (κ1) is 12.8. The fourth-order valence-corrected chi connectivity index (χ4v) is 2.23. The van der Waals surface area contributed by atoms with Crippen LogP contribution in [-0.2, 0) is 6.54 Å². The van der Waals surface area contributed by atoms with Crippen LogP contribution < -0.4 is 10.1 Å². The largest absolute Gasteiger partial charge is 0.473 e. The number of hydrogen-bond acceptors (Lipinski definition) is 5. The van der Waals surface area contributed by atoms with E-state index in [-0.39, 0.29) is 6.10 Å². The van der Waals surface area contributed by atoms with Crippen molar-refractivity contribution in [2.45, 2.75) is 33.4 Å². The van der Waals surface area contributed by atoms with E-state index < -0.39 is 0 Å². The van der Waals surface area contributed by atoms with Gasteiger partial charge in [0.25, 0.3) is 0 Å². The Morgan fingerprint density at radius 1 is 1.39 bits per heavy atom. The van der Waals surface area contributed by atoms with Gasteiger partial charge in [-0.05, 0) is 32.9 Å². The van der Waals surface area contributed by atoms with E-state index in [9.17, 15) is 0 Å². The van der Waals surface area contributed by atoms with Crippen LogP contribution >= 0.6 is 11.3 Å². The Morgan fingerprint density at radius 3 is 2.89 bits per heavy atom. The lowest BCUT2D eigenvalue weighted by Crippen LogP contribution is -2.10. The lowest BCUT2D eigenvalue weighted by Gasteiger charge is -2.13. The normalized spacial score (nSPS) is 10.7. The molecule has 2 heterocycles. The Morgan fingerprint density at radius 2 is 2.22 bits per heavy atom. The van der Waals surface area contributed by atoms with Gasteiger partial charge in [0.1, 0.15) is 0 Å². The summed E-state index contributed by atoms with van der Waals surface area (Å²) in [5.74, 6) is 0.648. The van der Waals surface area contributed by atoms with Crippen molar-refractivity contribution in [3.05, 3.63) is 34.4 Å². The zero-order valence-corrected chi connectivity index (χ0v) is 11.6. The fourth-order valence-electron chi connectivity index (χ4n) is 1.51. The number of anilines is 1. The first-order chi connectivity index (χ1) is 8.66. The van der Waals surface area contributed by atoms with Gasteiger partial charge in [0.15, 0.2) is 0 Å². The lowest BCUT2D eigenvalue weighted by molar-refractivity contribution is 0.234. The molecule has 18 heavy (non-hydrogen) atoms. The molecular weight excluding hydrogens is 246 g/mol. The fraction of sp³-hybridized carbons (Fsp3) is 0.385. The Kier molecular flexibility index (Phi) is 4.15. The number of hydrogen-bond donors (Lipinski definition) is 1. The smallest absolute Gasteiger partial charge is 0.237 e. The van der Waals surface area contributed by atoms with Gasteiger partial charge in [-0.1, -0.05) is 0 Å². The maximum atomic E-state index is 5.66. The number of thiazole rings is 1. The summed E-state index contributed by atoms with van der Waals surface area (Å²) in [6.45, 7) is 6.75. The van der Waals surface area contributed by atoms with Crippen molar-refractivity contribution >= 4 is 17.0 Å². The van der Waals surface area contributed by atoms with Crippen LogP contribution in [0.3, 0.4) is 0 Å². The SMILES string of the molecule is Cc1ncsc1CNc1cccnc1OC(C)C. The monoisotopic (exact) mass is 263 g/mol. The highest BCUT2D eigenvalue weighted by molar-refractivity contribution is 7.09. The van der Waals surface area contributed by atoms with Crippen molar-refractivity contribution in [2.75, 3.05) is 5.32 Å². The summed E-state index contributed by atoms with van der Waals surface area (Å²) in [6.07, 6.45) is 1.85. The number of pyridine rings is 1. The van der Waals surface area contributed by atoms with Crippen LogP contribution in [0.5, 0.6) is 5.88 Å². The van der Waals surface area contributed by atoms with Gasteiger partial charge in [0, 0.05) is 11.1 Å². The molecule has 0 atom stereocenters. The average molecular weight is 263 g/mol. The molecule has 0 saturated carbocycles. The van der Waals surface area contributed by atoms with Crippen LogP contribution in [0.15, 0.2) is 23.8 Å². The van der Waals surface area contributed by atoms with Crippen molar-refractivity contribution in [1.29, 1.82) is 0 Å². The van der Waals surface area contributed by atoms with Gasteiger partial charge in [0.2, 0.25) is 5.88 Å². The molecule has 0 radical (unpaired) electrons. The predicted octanol–water partition coefficient (Wildman–Crippen LogP) is 3.25. The van der Waals surface area contributed by atoms with Crippen LogP contribution in [0.2, 0.25) is 0 Å². The molecule has 0 amide bonds. The topological polar surface area (TPSA) is 47.0 Å². The van der Waals surface area contributed by atoms with Gasteiger partial charge in [0.05, 0.1) is 29.5 Å². The number of aromatic nitrogens is 2. The van der Waals surface area contributed by atoms with E-state index >= 15 is 0 Å². The molecule has 0 aromatic carbocycles. The molecule has 4 nitrogen and oxygen atoms in total. The predicted molar refractivity (Wildman–Crippen MR) is 74.2 cm³/mol. The summed E-state index contributed by atoms with van der Waals surface area (Å²) in [6, 6.07) is 3.87. The molecule has 96 valence electrons. The van der Waals surface area contributed by atoms with E-state index in [1.165, 1.54) is 4.88 Å². The summed E-state index contributed by atoms with van der Waals surface area (Å²) in [5.41, 5.74) is 3.85. The Hall–Kier alpha value is -1.62. The van der Waals surface area contributed by atoms with Crippen LogP contribution in [0, 0.1) is 6.92 Å². The van der Waals surface area contributed by atoms with Gasteiger partial charge >= 0.3 is 0 Å². The van der Waals surface area contributed by atoms with Crippen molar-refractivity contribution in [1.82, 2.24) is 9.97 Å². The Labute approximate surface area is 111 Å². The highest BCUT2D eigenvalue weighted by Gasteiger charge is 2.07. The van der Waals surface area contributed by atoms with E-state index in [2.05, 4.69) is 15.3 Å². The van der Waals surface area contributed by atoms with Gasteiger partial charge in [-0.2, -0.15) is 0 Å². The number of rotatable bonds is 5. The molecular formula is C13H17N3OS. The lowest BCUT2D eigenvalue weighted by atomic mass is 10.3. The molecule has 1 N–H and O–H groups in total. The van der Waals surface area contributed by atoms with Crippen molar-refractivity contribution < 1.29 is 4.74 Å². The molecule has 0 aliphatic heterocycles. The van der Waals surface area contributed by atoms with E-state index in [4.69, 9.17) is 4.74 Å². The highest BCUT2D eigenvalue weighted by Crippen LogP contribution is 2.23. The highest BCUT2D eigenvalue weighted by atomic mass is 32.1. The zero-order valence-electron chi connectivity index (χ0n) is 10.8. The van der Waals surface area contributed by atoms with Crippen molar-refractivity contribution in [3.8, 4) is 5.88 Å². The van der Waals surface area contributed by atoms with Gasteiger partial charge in [-0.15, -0.1) is 11.3 Å². The Balaban J connectivity index is 2.07. The minimum absolute atomic E-state index is 0.116. The van der Waals surface area contributed by atoms with Crippen LogP contribution in [0.1, 0.15) is 24.4 Å².